The van der Waals surface area contributed by atoms with E-state index in [1.54, 1.807) is 6.20 Å². The van der Waals surface area contributed by atoms with E-state index in [1.807, 2.05) is 6.08 Å². The molecule has 0 aromatic heterocycles. The zero-order valence-electron chi connectivity index (χ0n) is 5.67. The number of hydrogen-bond acceptors (Lipinski definition) is 1. The second-order valence-electron chi connectivity index (χ2n) is 1.73. The lowest BCUT2D eigenvalue weighted by Crippen LogP contribution is -2.21. The summed E-state index contributed by atoms with van der Waals surface area (Å²) in [5, 5.41) is 0. The first-order valence-electron chi connectivity index (χ1n) is 3.01. The Balaban J connectivity index is 3.35. The topological polar surface area (TPSA) is 64.4 Å². The summed E-state index contributed by atoms with van der Waals surface area (Å²) >= 11 is 0. The fourth-order valence-corrected chi connectivity index (χ4v) is 0.380. The minimum absolute atomic E-state index is 0.113. The summed E-state index contributed by atoms with van der Waals surface area (Å²) in [6, 6.07) is 0. The normalized spacial score (nSPS) is 9.89. The average molecular weight is 127 g/mol. The largest absolute Gasteiger partial charge is 0.370 e. The average Bonchev–Trinajstić information content (AvgIpc) is 1.80. The van der Waals surface area contributed by atoms with Crippen LogP contribution in [-0.4, -0.2) is 5.96 Å². The molecule has 3 heteroatoms. The van der Waals surface area contributed by atoms with E-state index in [9.17, 15) is 0 Å². The van der Waals surface area contributed by atoms with Crippen molar-refractivity contribution in [2.24, 2.45) is 16.5 Å². The fourth-order valence-electron chi connectivity index (χ4n) is 0.380. The molecule has 0 saturated carbocycles. The molecule has 0 unspecified atom stereocenters. The molecule has 0 amide bonds. The van der Waals surface area contributed by atoms with Crippen LogP contribution in [0.5, 0.6) is 0 Å². The van der Waals surface area contributed by atoms with E-state index in [0.29, 0.717) is 0 Å². The minimum atomic E-state index is 0.113. The molecule has 3 nitrogen and oxygen atoms in total. The molecular weight excluding hydrogens is 114 g/mol. The van der Waals surface area contributed by atoms with Gasteiger partial charge >= 0.3 is 0 Å². The van der Waals surface area contributed by atoms with E-state index in [1.165, 1.54) is 0 Å². The number of nitrogens with zero attached hydrogens (tertiary/aromatic N) is 1. The highest BCUT2D eigenvalue weighted by atomic mass is 15.0. The molecule has 4 N–H and O–H groups in total. The van der Waals surface area contributed by atoms with E-state index >= 15 is 0 Å². The molecule has 0 aliphatic heterocycles. The number of hydrogen-bond donors (Lipinski definition) is 2. The van der Waals surface area contributed by atoms with Gasteiger partial charge in [0.1, 0.15) is 0 Å². The van der Waals surface area contributed by atoms with Gasteiger partial charge in [0, 0.05) is 6.20 Å². The van der Waals surface area contributed by atoms with Gasteiger partial charge in [0.05, 0.1) is 0 Å². The van der Waals surface area contributed by atoms with E-state index in [0.717, 1.165) is 12.8 Å². The van der Waals surface area contributed by atoms with Crippen LogP contribution in [-0.2, 0) is 0 Å². The second kappa shape index (κ2) is 5.15. The first kappa shape index (κ1) is 8.01. The Kier molecular flexibility index (Phi) is 4.59. The van der Waals surface area contributed by atoms with E-state index in [4.69, 9.17) is 11.5 Å². The van der Waals surface area contributed by atoms with Crippen molar-refractivity contribution in [3.8, 4) is 0 Å². The van der Waals surface area contributed by atoms with Gasteiger partial charge in [-0.2, -0.15) is 0 Å². The van der Waals surface area contributed by atoms with Crippen molar-refractivity contribution in [2.75, 3.05) is 0 Å². The van der Waals surface area contributed by atoms with Crippen LogP contribution in [0.3, 0.4) is 0 Å². The lowest BCUT2D eigenvalue weighted by molar-refractivity contribution is 0.956. The Morgan fingerprint density at radius 3 is 2.67 bits per heavy atom. The SMILES string of the molecule is CCCC=CN=C(N)N. The van der Waals surface area contributed by atoms with Crippen LogP contribution < -0.4 is 11.5 Å². The van der Waals surface area contributed by atoms with Crippen LogP contribution in [0.4, 0.5) is 0 Å². The second-order valence-corrected chi connectivity index (χ2v) is 1.73. The summed E-state index contributed by atoms with van der Waals surface area (Å²) in [5.41, 5.74) is 10.1. The number of guanidine groups is 1. The third-order valence-corrected chi connectivity index (χ3v) is 0.784. The van der Waals surface area contributed by atoms with E-state index in [-0.39, 0.29) is 5.96 Å². The van der Waals surface area contributed by atoms with Crippen molar-refractivity contribution in [1.29, 1.82) is 0 Å². The predicted molar refractivity (Wildman–Crippen MR) is 39.9 cm³/mol. The van der Waals surface area contributed by atoms with Crippen molar-refractivity contribution in [2.45, 2.75) is 19.8 Å². The van der Waals surface area contributed by atoms with Crippen molar-refractivity contribution in [3.05, 3.63) is 12.3 Å². The van der Waals surface area contributed by atoms with Crippen molar-refractivity contribution in [1.82, 2.24) is 0 Å². The molecule has 0 saturated heterocycles. The lowest BCUT2D eigenvalue weighted by atomic mass is 10.3. The van der Waals surface area contributed by atoms with Crippen molar-refractivity contribution < 1.29 is 0 Å². The molecule has 0 fully saturated rings. The molecule has 9 heavy (non-hydrogen) atoms. The molecule has 0 atom stereocenters. The number of rotatable bonds is 3. The Morgan fingerprint density at radius 2 is 2.22 bits per heavy atom. The predicted octanol–water partition coefficient (Wildman–Crippen LogP) is 0.574. The number of unbranched alkanes of at least 4 members (excludes halogenated alkanes) is 1. The van der Waals surface area contributed by atoms with Crippen LogP contribution in [0.2, 0.25) is 0 Å². The van der Waals surface area contributed by atoms with Crippen LogP contribution in [0, 0.1) is 0 Å². The van der Waals surface area contributed by atoms with Gasteiger partial charge in [0.25, 0.3) is 0 Å². The molecule has 0 bridgehead atoms. The molecule has 0 aliphatic carbocycles. The van der Waals surface area contributed by atoms with Gasteiger partial charge in [0.2, 0.25) is 0 Å². The van der Waals surface area contributed by atoms with Gasteiger partial charge in [-0.3, -0.25) is 0 Å². The highest BCUT2D eigenvalue weighted by Crippen LogP contribution is 1.87. The first-order chi connectivity index (χ1) is 4.27. The van der Waals surface area contributed by atoms with Gasteiger partial charge in [-0.05, 0) is 6.42 Å². The minimum Gasteiger partial charge on any atom is -0.370 e. The summed E-state index contributed by atoms with van der Waals surface area (Å²) in [5.74, 6) is 0.113. The third kappa shape index (κ3) is 7.01. The molecule has 0 aromatic rings. The molecular formula is C6H13N3. The van der Waals surface area contributed by atoms with Crippen molar-refractivity contribution in [3.63, 3.8) is 0 Å². The Bertz CT molecular complexity index is 111. The standard InChI is InChI=1S/C6H13N3/c1-2-3-4-5-9-6(7)8/h4-5H,2-3H2,1H3,(H4,7,8,9). The number of aliphatic imine (C=N–C) groups is 1. The summed E-state index contributed by atoms with van der Waals surface area (Å²) in [4.78, 5) is 3.65. The van der Waals surface area contributed by atoms with Gasteiger partial charge in [-0.1, -0.05) is 19.4 Å². The van der Waals surface area contributed by atoms with Crippen LogP contribution in [0.15, 0.2) is 17.3 Å². The molecule has 52 valence electrons. The summed E-state index contributed by atoms with van der Waals surface area (Å²) in [6.07, 6.45) is 5.70. The van der Waals surface area contributed by atoms with E-state index < -0.39 is 0 Å². The summed E-state index contributed by atoms with van der Waals surface area (Å²) in [6.45, 7) is 2.10. The molecule has 0 radical (unpaired) electrons. The van der Waals surface area contributed by atoms with Crippen molar-refractivity contribution >= 4 is 5.96 Å². The van der Waals surface area contributed by atoms with Gasteiger partial charge in [0.15, 0.2) is 5.96 Å². The van der Waals surface area contributed by atoms with Crippen LogP contribution in [0.1, 0.15) is 19.8 Å². The monoisotopic (exact) mass is 127 g/mol. The maximum atomic E-state index is 5.05. The van der Waals surface area contributed by atoms with Gasteiger partial charge < -0.3 is 11.5 Å². The van der Waals surface area contributed by atoms with Crippen LogP contribution in [0.25, 0.3) is 0 Å². The maximum absolute atomic E-state index is 5.05. The summed E-state index contributed by atoms with van der Waals surface area (Å²) < 4.78 is 0. The van der Waals surface area contributed by atoms with Gasteiger partial charge in [-0.15, -0.1) is 0 Å². The smallest absolute Gasteiger partial charge is 0.190 e. The molecule has 0 rings (SSSR count). The van der Waals surface area contributed by atoms with E-state index in [2.05, 4.69) is 11.9 Å². The Morgan fingerprint density at radius 1 is 1.56 bits per heavy atom. The zero-order valence-corrected chi connectivity index (χ0v) is 5.67. The molecule has 0 aliphatic rings. The third-order valence-electron chi connectivity index (χ3n) is 0.784. The summed E-state index contributed by atoms with van der Waals surface area (Å²) in [7, 11) is 0. The number of nitrogens with two attached hydrogens (primary N) is 2. The first-order valence-corrected chi connectivity index (χ1v) is 3.01. The molecule has 0 spiro atoms. The number of allylic oxidation sites excluding steroid dienone is 1. The Hall–Kier alpha value is -0.990. The Labute approximate surface area is 55.4 Å². The van der Waals surface area contributed by atoms with Gasteiger partial charge in [-0.25, -0.2) is 4.99 Å². The maximum Gasteiger partial charge on any atom is 0.190 e. The molecule has 0 heterocycles. The quantitative estimate of drug-likeness (QED) is 0.430. The zero-order chi connectivity index (χ0) is 7.11. The fraction of sp³-hybridized carbons (Fsp3) is 0.500. The lowest BCUT2D eigenvalue weighted by Gasteiger charge is -1.83. The molecule has 0 aromatic carbocycles. The van der Waals surface area contributed by atoms with Crippen LogP contribution >= 0.6 is 0 Å². The highest BCUT2D eigenvalue weighted by molar-refractivity contribution is 5.76. The highest BCUT2D eigenvalue weighted by Gasteiger charge is 1.72.